The van der Waals surface area contributed by atoms with E-state index in [-0.39, 0.29) is 0 Å². The van der Waals surface area contributed by atoms with Gasteiger partial charge in [0.2, 0.25) is 0 Å². The molecule has 0 aliphatic carbocycles. The van der Waals surface area contributed by atoms with Crippen LogP contribution in [0.1, 0.15) is 25.3 Å². The Morgan fingerprint density at radius 1 is 1.53 bits per heavy atom. The molecule has 0 amide bonds. The predicted octanol–water partition coefficient (Wildman–Crippen LogP) is 2.64. The lowest BCUT2D eigenvalue weighted by Crippen LogP contribution is -2.45. The van der Waals surface area contributed by atoms with E-state index in [0.717, 1.165) is 35.1 Å². The lowest BCUT2D eigenvalue weighted by Gasteiger charge is -2.38. The second-order valence-corrected chi connectivity index (χ2v) is 5.43. The number of hydrogen-bond donors (Lipinski definition) is 1. The first kappa shape index (κ1) is 12.4. The van der Waals surface area contributed by atoms with E-state index in [1.54, 1.807) is 0 Å². The van der Waals surface area contributed by atoms with Gasteiger partial charge in [0.1, 0.15) is 6.07 Å². The molecule has 2 rings (SSSR count). The first-order valence-corrected chi connectivity index (χ1v) is 6.63. The summed E-state index contributed by atoms with van der Waals surface area (Å²) in [7, 11) is 0. The van der Waals surface area contributed by atoms with Crippen molar-refractivity contribution in [1.29, 1.82) is 5.26 Å². The van der Waals surface area contributed by atoms with E-state index >= 15 is 0 Å². The zero-order valence-electron chi connectivity index (χ0n) is 9.86. The van der Waals surface area contributed by atoms with Gasteiger partial charge in [-0.05, 0) is 47.8 Å². The van der Waals surface area contributed by atoms with Gasteiger partial charge in [0.25, 0.3) is 0 Å². The highest BCUT2D eigenvalue weighted by atomic mass is 79.9. The minimum Gasteiger partial charge on any atom is -0.368 e. The van der Waals surface area contributed by atoms with Crippen molar-refractivity contribution in [2.75, 3.05) is 11.4 Å². The third-order valence-corrected chi connectivity index (χ3v) is 3.99. The smallest absolute Gasteiger partial charge is 0.103 e. The Labute approximate surface area is 110 Å². The fourth-order valence-electron chi connectivity index (χ4n) is 2.43. The van der Waals surface area contributed by atoms with Gasteiger partial charge in [0.05, 0.1) is 11.3 Å². The second kappa shape index (κ2) is 5.07. The van der Waals surface area contributed by atoms with E-state index in [9.17, 15) is 5.26 Å². The number of halogens is 1. The lowest BCUT2D eigenvalue weighted by molar-refractivity contribution is 0.429. The van der Waals surface area contributed by atoms with Crippen LogP contribution in [0, 0.1) is 11.3 Å². The quantitative estimate of drug-likeness (QED) is 0.866. The van der Waals surface area contributed by atoms with Crippen LogP contribution in [-0.4, -0.2) is 18.6 Å². The summed E-state index contributed by atoms with van der Waals surface area (Å²) in [5.41, 5.74) is 7.70. The molecule has 0 aromatic heterocycles. The van der Waals surface area contributed by atoms with Gasteiger partial charge in [-0.2, -0.15) is 5.26 Å². The number of benzene rings is 1. The van der Waals surface area contributed by atoms with Gasteiger partial charge >= 0.3 is 0 Å². The average Bonchev–Trinajstić information content (AvgIpc) is 2.29. The Morgan fingerprint density at radius 3 is 2.94 bits per heavy atom. The summed E-state index contributed by atoms with van der Waals surface area (Å²) < 4.78 is 0.861. The molecule has 2 unspecified atom stereocenters. The van der Waals surface area contributed by atoms with Crippen LogP contribution in [0.25, 0.3) is 0 Å². The molecule has 90 valence electrons. The van der Waals surface area contributed by atoms with Crippen molar-refractivity contribution in [3.8, 4) is 6.07 Å². The third-order valence-electron chi connectivity index (χ3n) is 3.33. The molecule has 0 bridgehead atoms. The molecule has 0 radical (unpaired) electrons. The van der Waals surface area contributed by atoms with E-state index in [0.29, 0.717) is 12.1 Å². The minimum atomic E-state index is 0.291. The number of hydrogen-bond acceptors (Lipinski definition) is 3. The largest absolute Gasteiger partial charge is 0.368 e. The summed E-state index contributed by atoms with van der Waals surface area (Å²) >= 11 is 3.43. The van der Waals surface area contributed by atoms with Crippen molar-refractivity contribution in [1.82, 2.24) is 0 Å². The number of nitrogens with two attached hydrogens (primary N) is 1. The first-order chi connectivity index (χ1) is 8.13. The zero-order chi connectivity index (χ0) is 12.4. The minimum absolute atomic E-state index is 0.291. The molecule has 1 aromatic carbocycles. The van der Waals surface area contributed by atoms with Crippen LogP contribution < -0.4 is 10.6 Å². The molecular formula is C13H16BrN3. The Balaban J connectivity index is 2.35. The van der Waals surface area contributed by atoms with Crippen molar-refractivity contribution < 1.29 is 0 Å². The summed E-state index contributed by atoms with van der Waals surface area (Å²) in [5, 5.41) is 9.24. The van der Waals surface area contributed by atoms with Crippen LogP contribution in [0.3, 0.4) is 0 Å². The second-order valence-electron chi connectivity index (χ2n) is 4.57. The molecule has 0 saturated carbocycles. The van der Waals surface area contributed by atoms with Crippen molar-refractivity contribution in [2.24, 2.45) is 5.73 Å². The van der Waals surface area contributed by atoms with E-state index in [4.69, 9.17) is 5.73 Å². The Hall–Kier alpha value is -1.05. The van der Waals surface area contributed by atoms with Crippen LogP contribution in [0.15, 0.2) is 22.7 Å². The summed E-state index contributed by atoms with van der Waals surface area (Å²) in [6.45, 7) is 3.09. The fourth-order valence-corrected chi connectivity index (χ4v) is 2.87. The van der Waals surface area contributed by atoms with E-state index < -0.39 is 0 Å². The van der Waals surface area contributed by atoms with Crippen LogP contribution >= 0.6 is 15.9 Å². The fraction of sp³-hybridized carbons (Fsp3) is 0.462. The SMILES string of the molecule is CC1CC(N)CCN1c1cccc(Br)c1C#N. The maximum absolute atomic E-state index is 9.24. The molecule has 2 N–H and O–H groups in total. The molecular weight excluding hydrogens is 278 g/mol. The summed E-state index contributed by atoms with van der Waals surface area (Å²) in [6.07, 6.45) is 1.97. The number of nitrogens with zero attached hydrogens (tertiary/aromatic N) is 2. The monoisotopic (exact) mass is 293 g/mol. The van der Waals surface area contributed by atoms with Crippen molar-refractivity contribution in [2.45, 2.75) is 31.8 Å². The van der Waals surface area contributed by atoms with Crippen LogP contribution in [0.2, 0.25) is 0 Å². The number of rotatable bonds is 1. The first-order valence-electron chi connectivity index (χ1n) is 5.84. The third kappa shape index (κ3) is 2.46. The van der Waals surface area contributed by atoms with Crippen LogP contribution in [0.4, 0.5) is 5.69 Å². The van der Waals surface area contributed by atoms with E-state index in [1.807, 2.05) is 18.2 Å². The van der Waals surface area contributed by atoms with E-state index in [1.165, 1.54) is 0 Å². The molecule has 1 aliphatic rings. The molecule has 17 heavy (non-hydrogen) atoms. The highest BCUT2D eigenvalue weighted by molar-refractivity contribution is 9.10. The van der Waals surface area contributed by atoms with Gasteiger partial charge in [0, 0.05) is 23.1 Å². The van der Waals surface area contributed by atoms with Gasteiger partial charge in [-0.15, -0.1) is 0 Å². The Morgan fingerprint density at radius 2 is 2.29 bits per heavy atom. The molecule has 1 aliphatic heterocycles. The highest BCUT2D eigenvalue weighted by Gasteiger charge is 2.25. The van der Waals surface area contributed by atoms with Crippen molar-refractivity contribution in [3.63, 3.8) is 0 Å². The highest BCUT2D eigenvalue weighted by Crippen LogP contribution is 2.31. The average molecular weight is 294 g/mol. The van der Waals surface area contributed by atoms with Crippen LogP contribution in [0.5, 0.6) is 0 Å². The maximum atomic E-state index is 9.24. The molecule has 1 fully saturated rings. The normalized spacial score (nSPS) is 24.5. The Kier molecular flexibility index (Phi) is 3.70. The predicted molar refractivity (Wildman–Crippen MR) is 72.9 cm³/mol. The molecule has 3 nitrogen and oxygen atoms in total. The van der Waals surface area contributed by atoms with Crippen molar-refractivity contribution in [3.05, 3.63) is 28.2 Å². The zero-order valence-corrected chi connectivity index (χ0v) is 11.4. The van der Waals surface area contributed by atoms with Gasteiger partial charge in [-0.1, -0.05) is 6.07 Å². The van der Waals surface area contributed by atoms with Gasteiger partial charge in [0.15, 0.2) is 0 Å². The molecule has 1 aromatic rings. The summed E-state index contributed by atoms with van der Waals surface area (Å²) in [6, 6.07) is 8.84. The molecule has 4 heteroatoms. The van der Waals surface area contributed by atoms with Crippen molar-refractivity contribution >= 4 is 21.6 Å². The molecule has 1 saturated heterocycles. The summed E-state index contributed by atoms with van der Waals surface area (Å²) in [5.74, 6) is 0. The van der Waals surface area contributed by atoms with Gasteiger partial charge in [-0.25, -0.2) is 0 Å². The van der Waals surface area contributed by atoms with Crippen LogP contribution in [-0.2, 0) is 0 Å². The molecule has 0 spiro atoms. The van der Waals surface area contributed by atoms with Gasteiger partial charge < -0.3 is 10.6 Å². The number of piperidine rings is 1. The number of nitriles is 1. The van der Waals surface area contributed by atoms with Gasteiger partial charge in [-0.3, -0.25) is 0 Å². The summed E-state index contributed by atoms with van der Waals surface area (Å²) in [4.78, 5) is 2.28. The molecule has 1 heterocycles. The Bertz CT molecular complexity index is 452. The topological polar surface area (TPSA) is 53.0 Å². The standard InChI is InChI=1S/C13H16BrN3/c1-9-7-10(16)5-6-17(9)13-4-2-3-12(14)11(13)8-15/h2-4,9-10H,5-7,16H2,1H3. The lowest BCUT2D eigenvalue weighted by atomic mass is 9.97. The maximum Gasteiger partial charge on any atom is 0.103 e. The van der Waals surface area contributed by atoms with E-state index in [2.05, 4.69) is 33.8 Å². The molecule has 2 atom stereocenters. The number of anilines is 1.